The lowest BCUT2D eigenvalue weighted by Crippen LogP contribution is -2.28. The molecule has 1 aliphatic rings. The van der Waals surface area contributed by atoms with E-state index in [4.69, 9.17) is 9.84 Å². The maximum atomic E-state index is 9.99. The molecule has 0 spiro atoms. The molecule has 2 N–H and O–H groups in total. The molecule has 1 heterocycles. The van der Waals surface area contributed by atoms with Crippen LogP contribution in [-0.2, 0) is 4.74 Å². The first kappa shape index (κ1) is 10.6. The molecule has 1 aliphatic heterocycles. The van der Waals surface area contributed by atoms with Crippen LogP contribution in [0.3, 0.4) is 0 Å². The minimum Gasteiger partial charge on any atom is -0.394 e. The SMILES string of the molecule is CC1O[C@H](CO)[C@H](O)C1c1ccccc1. The van der Waals surface area contributed by atoms with Crippen LogP contribution in [-0.4, -0.2) is 35.1 Å². The van der Waals surface area contributed by atoms with E-state index in [-0.39, 0.29) is 18.6 Å². The summed E-state index contributed by atoms with van der Waals surface area (Å²) in [7, 11) is 0. The molecule has 15 heavy (non-hydrogen) atoms. The van der Waals surface area contributed by atoms with Gasteiger partial charge in [-0.05, 0) is 12.5 Å². The van der Waals surface area contributed by atoms with Crippen LogP contribution >= 0.6 is 0 Å². The fourth-order valence-corrected chi connectivity index (χ4v) is 2.24. The summed E-state index contributed by atoms with van der Waals surface area (Å²) in [6.45, 7) is 1.80. The van der Waals surface area contributed by atoms with Gasteiger partial charge in [0.1, 0.15) is 6.10 Å². The quantitative estimate of drug-likeness (QED) is 0.759. The summed E-state index contributed by atoms with van der Waals surface area (Å²) in [4.78, 5) is 0. The Labute approximate surface area is 89.3 Å². The van der Waals surface area contributed by atoms with E-state index < -0.39 is 12.2 Å². The lowest BCUT2D eigenvalue weighted by atomic mass is 9.89. The monoisotopic (exact) mass is 208 g/mol. The zero-order valence-corrected chi connectivity index (χ0v) is 8.71. The maximum absolute atomic E-state index is 9.99. The van der Waals surface area contributed by atoms with E-state index in [9.17, 15) is 5.11 Å². The highest BCUT2D eigenvalue weighted by molar-refractivity contribution is 5.23. The van der Waals surface area contributed by atoms with Gasteiger partial charge in [-0.15, -0.1) is 0 Å². The van der Waals surface area contributed by atoms with E-state index >= 15 is 0 Å². The van der Waals surface area contributed by atoms with E-state index in [0.717, 1.165) is 5.56 Å². The van der Waals surface area contributed by atoms with Gasteiger partial charge in [0, 0.05) is 5.92 Å². The van der Waals surface area contributed by atoms with Crippen molar-refractivity contribution in [1.29, 1.82) is 0 Å². The van der Waals surface area contributed by atoms with Gasteiger partial charge in [-0.25, -0.2) is 0 Å². The number of aliphatic hydroxyl groups is 2. The van der Waals surface area contributed by atoms with E-state index in [1.165, 1.54) is 0 Å². The molecule has 4 atom stereocenters. The molecule has 82 valence electrons. The third kappa shape index (κ3) is 1.91. The molecule has 2 unspecified atom stereocenters. The molecule has 1 aromatic carbocycles. The van der Waals surface area contributed by atoms with Crippen molar-refractivity contribution >= 4 is 0 Å². The molecule has 0 aromatic heterocycles. The van der Waals surface area contributed by atoms with E-state index in [1.807, 2.05) is 37.3 Å². The van der Waals surface area contributed by atoms with Crippen LogP contribution in [0.25, 0.3) is 0 Å². The Morgan fingerprint density at radius 3 is 2.47 bits per heavy atom. The molecule has 3 heteroatoms. The van der Waals surface area contributed by atoms with Crippen molar-refractivity contribution in [3.63, 3.8) is 0 Å². The van der Waals surface area contributed by atoms with Crippen LogP contribution in [0.2, 0.25) is 0 Å². The first-order chi connectivity index (χ1) is 7.24. The molecular formula is C12H16O3. The Balaban J connectivity index is 2.23. The largest absolute Gasteiger partial charge is 0.394 e. The third-order valence-corrected chi connectivity index (χ3v) is 3.01. The zero-order valence-electron chi connectivity index (χ0n) is 8.71. The molecule has 0 bridgehead atoms. The fraction of sp³-hybridized carbons (Fsp3) is 0.500. The average Bonchev–Trinajstić information content (AvgIpc) is 2.55. The molecule has 2 rings (SSSR count). The van der Waals surface area contributed by atoms with Gasteiger partial charge in [0.15, 0.2) is 0 Å². The molecule has 3 nitrogen and oxygen atoms in total. The Hall–Kier alpha value is -0.900. The second kappa shape index (κ2) is 4.31. The fourth-order valence-electron chi connectivity index (χ4n) is 2.24. The minimum absolute atomic E-state index is 0.0386. The molecule has 0 amide bonds. The van der Waals surface area contributed by atoms with Crippen LogP contribution in [0.5, 0.6) is 0 Å². The van der Waals surface area contributed by atoms with Crippen LogP contribution in [0.15, 0.2) is 30.3 Å². The highest BCUT2D eigenvalue weighted by atomic mass is 16.5. The van der Waals surface area contributed by atoms with Crippen molar-refractivity contribution in [3.8, 4) is 0 Å². The van der Waals surface area contributed by atoms with Crippen molar-refractivity contribution in [3.05, 3.63) is 35.9 Å². The first-order valence-corrected chi connectivity index (χ1v) is 5.23. The average molecular weight is 208 g/mol. The van der Waals surface area contributed by atoms with Crippen molar-refractivity contribution in [2.24, 2.45) is 0 Å². The summed E-state index contributed by atoms with van der Waals surface area (Å²) in [5.41, 5.74) is 1.06. The molecule has 0 aliphatic carbocycles. The standard InChI is InChI=1S/C12H16O3/c1-8-11(9-5-3-2-4-6-9)12(14)10(7-13)15-8/h2-6,8,10-14H,7H2,1H3/t8?,10-,11?,12+/m1/s1. The van der Waals surface area contributed by atoms with E-state index in [1.54, 1.807) is 0 Å². The Morgan fingerprint density at radius 2 is 1.93 bits per heavy atom. The van der Waals surface area contributed by atoms with Gasteiger partial charge in [0.2, 0.25) is 0 Å². The van der Waals surface area contributed by atoms with E-state index in [0.29, 0.717) is 0 Å². The molecular weight excluding hydrogens is 192 g/mol. The van der Waals surface area contributed by atoms with Crippen molar-refractivity contribution in [2.45, 2.75) is 31.2 Å². The van der Waals surface area contributed by atoms with Gasteiger partial charge in [-0.1, -0.05) is 30.3 Å². The molecule has 1 saturated heterocycles. The van der Waals surface area contributed by atoms with Crippen molar-refractivity contribution in [2.75, 3.05) is 6.61 Å². The number of hydrogen-bond acceptors (Lipinski definition) is 3. The van der Waals surface area contributed by atoms with Gasteiger partial charge in [0.25, 0.3) is 0 Å². The summed E-state index contributed by atoms with van der Waals surface area (Å²) >= 11 is 0. The van der Waals surface area contributed by atoms with Crippen LogP contribution in [0.1, 0.15) is 18.4 Å². The second-order valence-electron chi connectivity index (χ2n) is 3.99. The van der Waals surface area contributed by atoms with Gasteiger partial charge in [0.05, 0.1) is 18.8 Å². The Kier molecular flexibility index (Phi) is 3.05. The molecule has 1 aromatic rings. The predicted molar refractivity (Wildman–Crippen MR) is 56.6 cm³/mol. The lowest BCUT2D eigenvalue weighted by Gasteiger charge is -2.17. The summed E-state index contributed by atoms with van der Waals surface area (Å²) in [6.07, 6.45) is -1.13. The van der Waals surface area contributed by atoms with Gasteiger partial charge in [-0.2, -0.15) is 0 Å². The smallest absolute Gasteiger partial charge is 0.107 e. The van der Waals surface area contributed by atoms with Crippen LogP contribution < -0.4 is 0 Å². The normalized spacial score (nSPS) is 35.7. The summed E-state index contributed by atoms with van der Waals surface area (Å²) in [6, 6.07) is 9.79. The van der Waals surface area contributed by atoms with Crippen LogP contribution in [0.4, 0.5) is 0 Å². The van der Waals surface area contributed by atoms with Crippen LogP contribution in [0, 0.1) is 0 Å². The summed E-state index contributed by atoms with van der Waals surface area (Å²) in [5, 5.41) is 19.0. The topological polar surface area (TPSA) is 49.7 Å². The van der Waals surface area contributed by atoms with Crippen molar-refractivity contribution < 1.29 is 14.9 Å². The predicted octanol–water partition coefficient (Wildman–Crippen LogP) is 0.911. The lowest BCUT2D eigenvalue weighted by molar-refractivity contribution is -0.0170. The van der Waals surface area contributed by atoms with Crippen molar-refractivity contribution in [1.82, 2.24) is 0 Å². The molecule has 0 radical (unpaired) electrons. The third-order valence-electron chi connectivity index (χ3n) is 3.01. The Bertz CT molecular complexity index is 312. The number of aliphatic hydroxyl groups excluding tert-OH is 2. The van der Waals surface area contributed by atoms with Gasteiger partial charge < -0.3 is 14.9 Å². The summed E-state index contributed by atoms with van der Waals surface area (Å²) < 4.78 is 5.49. The van der Waals surface area contributed by atoms with E-state index in [2.05, 4.69) is 0 Å². The molecule has 0 saturated carbocycles. The summed E-state index contributed by atoms with van der Waals surface area (Å²) in [5.74, 6) is -0.0386. The first-order valence-electron chi connectivity index (χ1n) is 5.23. The number of hydrogen-bond donors (Lipinski definition) is 2. The Morgan fingerprint density at radius 1 is 1.27 bits per heavy atom. The van der Waals surface area contributed by atoms with Gasteiger partial charge in [-0.3, -0.25) is 0 Å². The van der Waals surface area contributed by atoms with Gasteiger partial charge >= 0.3 is 0 Å². The number of benzene rings is 1. The molecule has 1 fully saturated rings. The number of ether oxygens (including phenoxy) is 1. The zero-order chi connectivity index (χ0) is 10.8. The minimum atomic E-state index is -0.618. The maximum Gasteiger partial charge on any atom is 0.107 e. The second-order valence-corrected chi connectivity index (χ2v) is 3.99. The highest BCUT2D eigenvalue weighted by Crippen LogP contribution is 2.34. The number of rotatable bonds is 2. The highest BCUT2D eigenvalue weighted by Gasteiger charge is 2.41.